The first-order valence-electron chi connectivity index (χ1n) is 6.82. The van der Waals surface area contributed by atoms with E-state index in [2.05, 4.69) is 10.3 Å². The highest BCUT2D eigenvalue weighted by atomic mass is 35.5. The van der Waals surface area contributed by atoms with Gasteiger partial charge < -0.3 is 9.73 Å². The van der Waals surface area contributed by atoms with Crippen LogP contribution in [0.3, 0.4) is 0 Å². The zero-order valence-corrected chi connectivity index (χ0v) is 12.9. The summed E-state index contributed by atoms with van der Waals surface area (Å²) in [5, 5.41) is 2.93. The van der Waals surface area contributed by atoms with Crippen molar-refractivity contribution in [3.05, 3.63) is 71.0 Å². The molecule has 1 aromatic heterocycles. The summed E-state index contributed by atoms with van der Waals surface area (Å²) >= 11 is 5.79. The number of amides is 1. The molecule has 2 aromatic carbocycles. The molecule has 0 radical (unpaired) electrons. The highest BCUT2D eigenvalue weighted by Crippen LogP contribution is 2.22. The molecular weight excluding hydrogens is 319 g/mol. The van der Waals surface area contributed by atoms with Crippen LogP contribution in [-0.4, -0.2) is 10.9 Å². The van der Waals surface area contributed by atoms with E-state index in [-0.39, 0.29) is 5.56 Å². The van der Waals surface area contributed by atoms with Crippen LogP contribution in [0.1, 0.15) is 16.2 Å². The van der Waals surface area contributed by atoms with E-state index in [1.165, 1.54) is 12.1 Å². The van der Waals surface area contributed by atoms with E-state index in [9.17, 15) is 9.18 Å². The Morgan fingerprint density at radius 2 is 1.96 bits per heavy atom. The van der Waals surface area contributed by atoms with E-state index in [0.717, 1.165) is 11.6 Å². The van der Waals surface area contributed by atoms with Crippen molar-refractivity contribution in [3.63, 3.8) is 0 Å². The van der Waals surface area contributed by atoms with Gasteiger partial charge in [-0.15, -0.1) is 0 Å². The predicted octanol–water partition coefficient (Wildman–Crippen LogP) is 4.69. The molecule has 0 aliphatic carbocycles. The number of anilines is 1. The third kappa shape index (κ3) is 3.40. The Labute approximate surface area is 136 Å². The molecule has 0 saturated carbocycles. The molecular formula is C17H12ClFN2O2. The molecule has 3 aromatic rings. The predicted molar refractivity (Wildman–Crippen MR) is 86.0 cm³/mol. The van der Waals surface area contributed by atoms with Gasteiger partial charge in [-0.2, -0.15) is 0 Å². The minimum Gasteiger partial charge on any atom is -0.449 e. The molecule has 3 rings (SSSR count). The first-order chi connectivity index (χ1) is 11.0. The molecule has 0 atom stereocenters. The van der Waals surface area contributed by atoms with Gasteiger partial charge in [0.15, 0.2) is 5.89 Å². The molecule has 6 heteroatoms. The van der Waals surface area contributed by atoms with E-state index in [1.807, 2.05) is 0 Å². The quantitative estimate of drug-likeness (QED) is 0.757. The number of nitrogens with one attached hydrogen (secondary N) is 1. The van der Waals surface area contributed by atoms with Crippen LogP contribution in [0.15, 0.2) is 53.1 Å². The van der Waals surface area contributed by atoms with Crippen molar-refractivity contribution in [2.75, 3.05) is 5.32 Å². The first-order valence-corrected chi connectivity index (χ1v) is 7.20. The molecule has 0 unspecified atom stereocenters. The fourth-order valence-corrected chi connectivity index (χ4v) is 2.26. The highest BCUT2D eigenvalue weighted by molar-refractivity contribution is 6.31. The van der Waals surface area contributed by atoms with Gasteiger partial charge in [-0.05, 0) is 30.3 Å². The van der Waals surface area contributed by atoms with Crippen LogP contribution < -0.4 is 5.32 Å². The fraction of sp³-hybridized carbons (Fsp3) is 0.0588. The number of carbonyl (C=O) groups excluding carboxylic acids is 1. The van der Waals surface area contributed by atoms with Gasteiger partial charge in [0.1, 0.15) is 17.8 Å². The molecule has 0 aliphatic heterocycles. The Morgan fingerprint density at radius 1 is 1.22 bits per heavy atom. The van der Waals surface area contributed by atoms with Gasteiger partial charge in [-0.25, -0.2) is 9.37 Å². The fourth-order valence-electron chi connectivity index (χ4n) is 2.09. The lowest BCUT2D eigenvalue weighted by Crippen LogP contribution is -2.13. The zero-order valence-electron chi connectivity index (χ0n) is 12.1. The molecule has 116 valence electrons. The van der Waals surface area contributed by atoms with Gasteiger partial charge in [0, 0.05) is 23.2 Å². The number of halogens is 2. The second kappa shape index (κ2) is 6.22. The van der Waals surface area contributed by atoms with Gasteiger partial charge in [0.2, 0.25) is 0 Å². The molecule has 0 spiro atoms. The zero-order chi connectivity index (χ0) is 16.4. The van der Waals surface area contributed by atoms with Crippen LogP contribution in [0.5, 0.6) is 0 Å². The van der Waals surface area contributed by atoms with Crippen LogP contribution in [0.25, 0.3) is 11.3 Å². The van der Waals surface area contributed by atoms with Crippen molar-refractivity contribution in [1.29, 1.82) is 0 Å². The Bertz CT molecular complexity index is 859. The largest absolute Gasteiger partial charge is 0.449 e. The van der Waals surface area contributed by atoms with Gasteiger partial charge in [-0.3, -0.25) is 4.79 Å². The number of carbonyl (C=O) groups is 1. The monoisotopic (exact) mass is 330 g/mol. The number of hydrogen-bond acceptors (Lipinski definition) is 3. The number of benzene rings is 2. The average Bonchev–Trinajstić information content (AvgIpc) is 2.97. The molecule has 1 N–H and O–H groups in total. The van der Waals surface area contributed by atoms with Crippen molar-refractivity contribution in [1.82, 2.24) is 4.98 Å². The summed E-state index contributed by atoms with van der Waals surface area (Å²) in [6, 6.07) is 10.8. The lowest BCUT2D eigenvalue weighted by atomic mass is 10.1. The van der Waals surface area contributed by atoms with Crippen molar-refractivity contribution < 1.29 is 13.6 Å². The van der Waals surface area contributed by atoms with Crippen LogP contribution in [0.4, 0.5) is 10.1 Å². The lowest BCUT2D eigenvalue weighted by molar-refractivity contribution is 0.102. The average molecular weight is 331 g/mol. The minimum absolute atomic E-state index is 0.103. The third-order valence-electron chi connectivity index (χ3n) is 3.23. The lowest BCUT2D eigenvalue weighted by Gasteiger charge is -2.07. The van der Waals surface area contributed by atoms with Crippen LogP contribution in [-0.2, 0) is 0 Å². The maximum Gasteiger partial charge on any atom is 0.258 e. The molecule has 0 saturated heterocycles. The number of aromatic nitrogens is 1. The molecule has 0 fully saturated rings. The second-order valence-corrected chi connectivity index (χ2v) is 5.34. The second-order valence-electron chi connectivity index (χ2n) is 4.91. The molecule has 1 amide bonds. The van der Waals surface area contributed by atoms with Crippen molar-refractivity contribution in [3.8, 4) is 11.3 Å². The molecule has 0 aliphatic rings. The number of nitrogens with zero attached hydrogens (tertiary/aromatic N) is 1. The van der Waals surface area contributed by atoms with Crippen LogP contribution in [0.2, 0.25) is 5.02 Å². The molecule has 4 nitrogen and oxygen atoms in total. The Hall–Kier alpha value is -2.66. The van der Waals surface area contributed by atoms with Crippen LogP contribution in [0, 0.1) is 12.7 Å². The van der Waals surface area contributed by atoms with E-state index < -0.39 is 11.7 Å². The van der Waals surface area contributed by atoms with E-state index in [4.69, 9.17) is 16.0 Å². The number of aryl methyl sites for hydroxylation is 1. The van der Waals surface area contributed by atoms with Crippen molar-refractivity contribution in [2.24, 2.45) is 0 Å². The van der Waals surface area contributed by atoms with Crippen molar-refractivity contribution >= 4 is 23.2 Å². The maximum absolute atomic E-state index is 13.7. The maximum atomic E-state index is 13.7. The van der Waals surface area contributed by atoms with E-state index >= 15 is 0 Å². The Morgan fingerprint density at radius 3 is 2.61 bits per heavy atom. The summed E-state index contributed by atoms with van der Waals surface area (Å²) in [6.07, 6.45) is 1.56. The SMILES string of the molecule is Cc1nc(-c2ccc(NC(=O)c3cc(Cl)ccc3F)cc2)co1. The number of hydrogen-bond donors (Lipinski definition) is 1. The van der Waals surface area contributed by atoms with Gasteiger partial charge >= 0.3 is 0 Å². The summed E-state index contributed by atoms with van der Waals surface area (Å²) in [5.41, 5.74) is 2.00. The Kier molecular flexibility index (Phi) is 4.12. The minimum atomic E-state index is -0.624. The normalized spacial score (nSPS) is 10.6. The van der Waals surface area contributed by atoms with Gasteiger partial charge in [-0.1, -0.05) is 23.7 Å². The van der Waals surface area contributed by atoms with E-state index in [1.54, 1.807) is 37.5 Å². The number of rotatable bonds is 3. The summed E-state index contributed by atoms with van der Waals surface area (Å²) in [7, 11) is 0. The Balaban J connectivity index is 1.78. The van der Waals surface area contributed by atoms with Gasteiger partial charge in [0.05, 0.1) is 5.56 Å². The third-order valence-corrected chi connectivity index (χ3v) is 3.47. The topological polar surface area (TPSA) is 55.1 Å². The summed E-state index contributed by atoms with van der Waals surface area (Å²) in [5.74, 6) is -0.606. The smallest absolute Gasteiger partial charge is 0.258 e. The molecule has 23 heavy (non-hydrogen) atoms. The van der Waals surface area contributed by atoms with Crippen molar-refractivity contribution in [2.45, 2.75) is 6.92 Å². The summed E-state index contributed by atoms with van der Waals surface area (Å²) < 4.78 is 18.8. The molecule has 0 bridgehead atoms. The summed E-state index contributed by atoms with van der Waals surface area (Å²) in [6.45, 7) is 1.76. The number of oxazole rings is 1. The standard InChI is InChI=1S/C17H12ClFN2O2/c1-10-20-16(9-23-10)11-2-5-13(6-3-11)21-17(22)14-8-12(18)4-7-15(14)19/h2-9H,1H3,(H,21,22). The van der Waals surface area contributed by atoms with E-state index in [0.29, 0.717) is 22.3 Å². The first kappa shape index (κ1) is 15.2. The molecule has 1 heterocycles. The summed E-state index contributed by atoms with van der Waals surface area (Å²) in [4.78, 5) is 16.3. The van der Waals surface area contributed by atoms with Crippen LogP contribution >= 0.6 is 11.6 Å². The van der Waals surface area contributed by atoms with Gasteiger partial charge in [0.25, 0.3) is 5.91 Å². The highest BCUT2D eigenvalue weighted by Gasteiger charge is 2.12.